The van der Waals surface area contributed by atoms with Gasteiger partial charge in [-0.2, -0.15) is 0 Å². The number of hydrogen-bond donors (Lipinski definition) is 1. The van der Waals surface area contributed by atoms with Crippen molar-refractivity contribution in [2.45, 2.75) is 32.2 Å². The van der Waals surface area contributed by atoms with Crippen LogP contribution in [-0.2, 0) is 6.54 Å². The molecule has 0 aromatic heterocycles. The normalized spacial score (nSPS) is 16.9. The van der Waals surface area contributed by atoms with Gasteiger partial charge in [-0.25, -0.2) is 0 Å². The summed E-state index contributed by atoms with van der Waals surface area (Å²) in [5.41, 5.74) is 2.80. The first-order valence-corrected chi connectivity index (χ1v) is 7.28. The standard InChI is InChI=1S/C14H21BrN2/c1-16-11-12-6-7-13(15)10-14(12)17-8-4-2-3-5-9-17/h6-7,10,16H,2-5,8-9,11H2,1H3. The predicted molar refractivity (Wildman–Crippen MR) is 77.6 cm³/mol. The van der Waals surface area contributed by atoms with E-state index in [1.165, 1.54) is 54.5 Å². The Labute approximate surface area is 113 Å². The average Bonchev–Trinajstić information content (AvgIpc) is 2.60. The van der Waals surface area contributed by atoms with Crippen molar-refractivity contribution in [3.63, 3.8) is 0 Å². The van der Waals surface area contributed by atoms with Crippen LogP contribution in [0.5, 0.6) is 0 Å². The van der Waals surface area contributed by atoms with Crippen LogP contribution in [-0.4, -0.2) is 20.1 Å². The molecule has 0 spiro atoms. The molecule has 0 saturated carbocycles. The number of nitrogens with one attached hydrogen (secondary N) is 1. The lowest BCUT2D eigenvalue weighted by atomic mass is 10.1. The van der Waals surface area contributed by atoms with Crippen LogP contribution in [0, 0.1) is 0 Å². The van der Waals surface area contributed by atoms with Crippen LogP contribution in [0.15, 0.2) is 22.7 Å². The van der Waals surface area contributed by atoms with Crippen LogP contribution in [0.2, 0.25) is 0 Å². The van der Waals surface area contributed by atoms with Crippen LogP contribution in [0.1, 0.15) is 31.2 Å². The molecule has 0 amide bonds. The summed E-state index contributed by atoms with van der Waals surface area (Å²) in [7, 11) is 2.01. The molecule has 17 heavy (non-hydrogen) atoms. The Morgan fingerprint density at radius 1 is 1.18 bits per heavy atom. The lowest BCUT2D eigenvalue weighted by molar-refractivity contribution is 0.726. The molecule has 1 aromatic rings. The maximum Gasteiger partial charge on any atom is 0.0423 e. The fourth-order valence-electron chi connectivity index (χ4n) is 2.48. The summed E-state index contributed by atoms with van der Waals surface area (Å²) < 4.78 is 1.18. The predicted octanol–water partition coefficient (Wildman–Crippen LogP) is 3.55. The number of benzene rings is 1. The van der Waals surface area contributed by atoms with Crippen molar-refractivity contribution < 1.29 is 0 Å². The van der Waals surface area contributed by atoms with Gasteiger partial charge in [-0.15, -0.1) is 0 Å². The summed E-state index contributed by atoms with van der Waals surface area (Å²) in [5, 5.41) is 3.26. The molecular formula is C14H21BrN2. The van der Waals surface area contributed by atoms with Crippen molar-refractivity contribution in [3.8, 4) is 0 Å². The minimum absolute atomic E-state index is 0.944. The molecule has 94 valence electrons. The fraction of sp³-hybridized carbons (Fsp3) is 0.571. The Morgan fingerprint density at radius 2 is 1.88 bits per heavy atom. The van der Waals surface area contributed by atoms with Gasteiger partial charge in [0, 0.05) is 29.8 Å². The molecule has 1 fully saturated rings. The summed E-state index contributed by atoms with van der Waals surface area (Å²) in [6, 6.07) is 6.62. The second-order valence-electron chi connectivity index (χ2n) is 4.70. The van der Waals surface area contributed by atoms with E-state index in [0.29, 0.717) is 0 Å². The number of hydrogen-bond acceptors (Lipinski definition) is 2. The molecule has 0 bridgehead atoms. The Kier molecular flexibility index (Phi) is 4.86. The topological polar surface area (TPSA) is 15.3 Å². The van der Waals surface area contributed by atoms with Gasteiger partial charge in [0.15, 0.2) is 0 Å². The fourth-order valence-corrected chi connectivity index (χ4v) is 2.83. The molecule has 1 aromatic carbocycles. The third-order valence-electron chi connectivity index (χ3n) is 3.36. The van der Waals surface area contributed by atoms with Gasteiger partial charge in [0.05, 0.1) is 0 Å². The minimum atomic E-state index is 0.944. The largest absolute Gasteiger partial charge is 0.371 e. The summed E-state index contributed by atoms with van der Waals surface area (Å²) >= 11 is 3.59. The SMILES string of the molecule is CNCc1ccc(Br)cc1N1CCCCCC1. The van der Waals surface area contributed by atoms with Gasteiger partial charge in [0.2, 0.25) is 0 Å². The van der Waals surface area contributed by atoms with Gasteiger partial charge in [-0.3, -0.25) is 0 Å². The van der Waals surface area contributed by atoms with Crippen LogP contribution < -0.4 is 10.2 Å². The Hall–Kier alpha value is -0.540. The highest BCUT2D eigenvalue weighted by Crippen LogP contribution is 2.27. The van der Waals surface area contributed by atoms with Crippen molar-refractivity contribution in [2.24, 2.45) is 0 Å². The Balaban J connectivity index is 2.23. The third kappa shape index (κ3) is 3.46. The zero-order valence-electron chi connectivity index (χ0n) is 10.5. The lowest BCUT2D eigenvalue weighted by Crippen LogP contribution is -2.25. The third-order valence-corrected chi connectivity index (χ3v) is 3.85. The average molecular weight is 297 g/mol. The summed E-state index contributed by atoms with van der Waals surface area (Å²) in [4.78, 5) is 2.55. The second kappa shape index (κ2) is 6.41. The van der Waals surface area contributed by atoms with Crippen molar-refractivity contribution in [3.05, 3.63) is 28.2 Å². The van der Waals surface area contributed by atoms with E-state index in [9.17, 15) is 0 Å². The van der Waals surface area contributed by atoms with Crippen molar-refractivity contribution in [1.82, 2.24) is 5.32 Å². The molecule has 2 rings (SSSR count). The van der Waals surface area contributed by atoms with Crippen molar-refractivity contribution >= 4 is 21.6 Å². The van der Waals surface area contributed by atoms with E-state index < -0.39 is 0 Å². The lowest BCUT2D eigenvalue weighted by Gasteiger charge is -2.25. The van der Waals surface area contributed by atoms with Crippen LogP contribution >= 0.6 is 15.9 Å². The molecule has 0 atom stereocenters. The van der Waals surface area contributed by atoms with Crippen LogP contribution in [0.3, 0.4) is 0 Å². The molecule has 1 aliphatic rings. The van der Waals surface area contributed by atoms with E-state index in [1.807, 2.05) is 7.05 Å². The van der Waals surface area contributed by atoms with Gasteiger partial charge in [0.25, 0.3) is 0 Å². The van der Waals surface area contributed by atoms with Gasteiger partial charge >= 0.3 is 0 Å². The molecule has 3 heteroatoms. The molecule has 0 aliphatic carbocycles. The van der Waals surface area contributed by atoms with Gasteiger partial charge < -0.3 is 10.2 Å². The van der Waals surface area contributed by atoms with E-state index in [4.69, 9.17) is 0 Å². The molecule has 0 unspecified atom stereocenters. The van der Waals surface area contributed by atoms with Crippen molar-refractivity contribution in [1.29, 1.82) is 0 Å². The zero-order chi connectivity index (χ0) is 12.1. The molecular weight excluding hydrogens is 276 g/mol. The molecule has 0 radical (unpaired) electrons. The Morgan fingerprint density at radius 3 is 2.53 bits per heavy atom. The first kappa shape index (κ1) is 12.9. The highest BCUT2D eigenvalue weighted by molar-refractivity contribution is 9.10. The van der Waals surface area contributed by atoms with E-state index in [-0.39, 0.29) is 0 Å². The molecule has 1 N–H and O–H groups in total. The zero-order valence-corrected chi connectivity index (χ0v) is 12.1. The molecule has 2 nitrogen and oxygen atoms in total. The Bertz CT molecular complexity index is 357. The number of nitrogens with zero attached hydrogens (tertiary/aromatic N) is 1. The number of halogens is 1. The van der Waals surface area contributed by atoms with Gasteiger partial charge in [0.1, 0.15) is 0 Å². The quantitative estimate of drug-likeness (QED) is 0.918. The number of rotatable bonds is 3. The monoisotopic (exact) mass is 296 g/mol. The maximum absolute atomic E-state index is 3.59. The van der Waals surface area contributed by atoms with Crippen molar-refractivity contribution in [2.75, 3.05) is 25.0 Å². The van der Waals surface area contributed by atoms with E-state index in [0.717, 1.165) is 6.54 Å². The summed E-state index contributed by atoms with van der Waals surface area (Å²) in [6.07, 6.45) is 5.41. The summed E-state index contributed by atoms with van der Waals surface area (Å²) in [6.45, 7) is 3.35. The van der Waals surface area contributed by atoms with Gasteiger partial charge in [-0.05, 0) is 37.6 Å². The maximum atomic E-state index is 3.59. The molecule has 1 aliphatic heterocycles. The highest BCUT2D eigenvalue weighted by atomic mass is 79.9. The second-order valence-corrected chi connectivity index (χ2v) is 5.62. The first-order chi connectivity index (χ1) is 8.31. The minimum Gasteiger partial charge on any atom is -0.371 e. The molecule has 1 saturated heterocycles. The first-order valence-electron chi connectivity index (χ1n) is 6.49. The van der Waals surface area contributed by atoms with E-state index >= 15 is 0 Å². The van der Waals surface area contributed by atoms with Gasteiger partial charge in [-0.1, -0.05) is 34.8 Å². The summed E-state index contributed by atoms with van der Waals surface area (Å²) in [5.74, 6) is 0. The highest BCUT2D eigenvalue weighted by Gasteiger charge is 2.13. The molecule has 1 heterocycles. The van der Waals surface area contributed by atoms with Crippen LogP contribution in [0.4, 0.5) is 5.69 Å². The smallest absolute Gasteiger partial charge is 0.0423 e. The van der Waals surface area contributed by atoms with Crippen LogP contribution in [0.25, 0.3) is 0 Å². The number of anilines is 1. The van der Waals surface area contributed by atoms with E-state index in [1.54, 1.807) is 0 Å². The van der Waals surface area contributed by atoms with E-state index in [2.05, 4.69) is 44.3 Å².